The Labute approximate surface area is 154 Å². The molecule has 2 fully saturated rings. The molecule has 0 N–H and O–H groups in total. The summed E-state index contributed by atoms with van der Waals surface area (Å²) in [4.78, 5) is 16.5. The average molecular weight is 385 g/mol. The Hall–Kier alpha value is -1.42. The molecular formula is C17H27N3O5S. The summed E-state index contributed by atoms with van der Waals surface area (Å²) >= 11 is 0. The molecule has 0 radical (unpaired) electrons. The van der Waals surface area contributed by atoms with Gasteiger partial charge in [-0.2, -0.15) is 4.31 Å². The highest BCUT2D eigenvalue weighted by Crippen LogP contribution is 2.20. The van der Waals surface area contributed by atoms with Crippen molar-refractivity contribution in [1.29, 1.82) is 0 Å². The van der Waals surface area contributed by atoms with Crippen LogP contribution in [0.15, 0.2) is 23.0 Å². The van der Waals surface area contributed by atoms with E-state index in [1.54, 1.807) is 15.3 Å². The van der Waals surface area contributed by atoms with Crippen LogP contribution in [0.25, 0.3) is 0 Å². The molecule has 146 valence electrons. The summed E-state index contributed by atoms with van der Waals surface area (Å²) in [6, 6.07) is 1.45. The number of rotatable bonds is 6. The van der Waals surface area contributed by atoms with Gasteiger partial charge in [0.2, 0.25) is 10.0 Å². The van der Waals surface area contributed by atoms with Crippen LogP contribution < -0.4 is 0 Å². The Morgan fingerprint density at radius 1 is 1.31 bits per heavy atom. The van der Waals surface area contributed by atoms with Crippen LogP contribution in [0.4, 0.5) is 0 Å². The molecule has 8 nitrogen and oxygen atoms in total. The predicted molar refractivity (Wildman–Crippen MR) is 96.4 cm³/mol. The van der Waals surface area contributed by atoms with Crippen molar-refractivity contribution in [3.63, 3.8) is 0 Å². The zero-order chi connectivity index (χ0) is 18.6. The SMILES string of the molecule is CS(=O)(=O)N(CCN1CCOCC1)C1CCCN(C(=O)c2ccoc2)C1. The van der Waals surface area contributed by atoms with Crippen LogP contribution >= 0.6 is 0 Å². The molecule has 2 saturated heterocycles. The molecule has 3 rings (SSSR count). The first-order chi connectivity index (χ1) is 12.4. The number of sulfonamides is 1. The third-order valence-electron chi connectivity index (χ3n) is 5.03. The first kappa shape index (κ1) is 19.3. The summed E-state index contributed by atoms with van der Waals surface area (Å²) in [5.74, 6) is -0.106. The van der Waals surface area contributed by atoms with Crippen molar-refractivity contribution in [2.45, 2.75) is 18.9 Å². The van der Waals surface area contributed by atoms with E-state index >= 15 is 0 Å². The molecule has 0 spiro atoms. The van der Waals surface area contributed by atoms with Crippen LogP contribution in [0.3, 0.4) is 0 Å². The van der Waals surface area contributed by atoms with E-state index in [4.69, 9.17) is 9.15 Å². The predicted octanol–water partition coefficient (Wildman–Crippen LogP) is 0.478. The minimum absolute atomic E-state index is 0.106. The second-order valence-electron chi connectivity index (χ2n) is 6.89. The maximum atomic E-state index is 12.6. The molecule has 26 heavy (non-hydrogen) atoms. The van der Waals surface area contributed by atoms with Gasteiger partial charge < -0.3 is 14.1 Å². The van der Waals surface area contributed by atoms with Gasteiger partial charge in [0.05, 0.1) is 31.3 Å². The highest BCUT2D eigenvalue weighted by Gasteiger charge is 2.33. The summed E-state index contributed by atoms with van der Waals surface area (Å²) in [5.41, 5.74) is 0.505. The van der Waals surface area contributed by atoms with Gasteiger partial charge in [-0.15, -0.1) is 0 Å². The fraction of sp³-hybridized carbons (Fsp3) is 0.706. The topological polar surface area (TPSA) is 83.3 Å². The lowest BCUT2D eigenvalue weighted by molar-refractivity contribution is 0.0334. The quantitative estimate of drug-likeness (QED) is 0.708. The smallest absolute Gasteiger partial charge is 0.257 e. The van der Waals surface area contributed by atoms with E-state index in [-0.39, 0.29) is 11.9 Å². The van der Waals surface area contributed by atoms with Crippen LogP contribution in [0.2, 0.25) is 0 Å². The largest absolute Gasteiger partial charge is 0.472 e. The van der Waals surface area contributed by atoms with Gasteiger partial charge in [0, 0.05) is 45.3 Å². The van der Waals surface area contributed by atoms with Crippen LogP contribution in [0.5, 0.6) is 0 Å². The number of carbonyl (C=O) groups is 1. The number of nitrogens with zero attached hydrogens (tertiary/aromatic N) is 3. The van der Waals surface area contributed by atoms with Crippen LogP contribution in [0, 0.1) is 0 Å². The first-order valence-electron chi connectivity index (χ1n) is 9.03. The lowest BCUT2D eigenvalue weighted by Gasteiger charge is -2.39. The van der Waals surface area contributed by atoms with Crippen molar-refractivity contribution in [3.8, 4) is 0 Å². The molecule has 2 aliphatic rings. The Balaban J connectivity index is 1.64. The second kappa shape index (κ2) is 8.51. The number of hydrogen-bond acceptors (Lipinski definition) is 6. The van der Waals surface area contributed by atoms with Crippen LogP contribution in [-0.2, 0) is 14.8 Å². The number of likely N-dealkylation sites (tertiary alicyclic amines) is 1. The molecule has 1 aromatic heterocycles. The van der Waals surface area contributed by atoms with Crippen molar-refractivity contribution < 1.29 is 22.4 Å². The third kappa shape index (κ3) is 4.85. The summed E-state index contributed by atoms with van der Waals surface area (Å²) < 4.78 is 36.6. The van der Waals surface area contributed by atoms with Crippen molar-refractivity contribution in [2.75, 3.05) is 58.7 Å². The maximum Gasteiger partial charge on any atom is 0.257 e. The number of ether oxygens (including phenoxy) is 1. The second-order valence-corrected chi connectivity index (χ2v) is 8.82. The van der Waals surface area contributed by atoms with E-state index in [9.17, 15) is 13.2 Å². The Bertz CT molecular complexity index is 685. The van der Waals surface area contributed by atoms with Gasteiger partial charge in [-0.25, -0.2) is 8.42 Å². The molecule has 1 amide bonds. The van der Waals surface area contributed by atoms with Gasteiger partial charge in [-0.05, 0) is 18.9 Å². The third-order valence-corrected chi connectivity index (χ3v) is 6.36. The van der Waals surface area contributed by atoms with Gasteiger partial charge in [-0.1, -0.05) is 0 Å². The molecule has 0 aromatic carbocycles. The van der Waals surface area contributed by atoms with Crippen molar-refractivity contribution >= 4 is 15.9 Å². The Morgan fingerprint density at radius 3 is 2.73 bits per heavy atom. The van der Waals surface area contributed by atoms with Gasteiger partial charge in [0.1, 0.15) is 6.26 Å². The summed E-state index contributed by atoms with van der Waals surface area (Å²) in [6.45, 7) is 5.22. The average Bonchev–Trinajstić information content (AvgIpc) is 3.16. The molecule has 0 saturated carbocycles. The Kier molecular flexibility index (Phi) is 6.33. The molecule has 1 atom stereocenters. The van der Waals surface area contributed by atoms with E-state index in [0.29, 0.717) is 45.0 Å². The van der Waals surface area contributed by atoms with Crippen LogP contribution in [0.1, 0.15) is 23.2 Å². The standard InChI is InChI=1S/C17H27N3O5S/c1-26(22,23)20(7-6-18-8-11-24-12-9-18)16-3-2-5-19(13-16)17(21)15-4-10-25-14-15/h4,10,14,16H,2-3,5-9,11-13H2,1H3. The lowest BCUT2D eigenvalue weighted by Crippen LogP contribution is -2.53. The molecule has 9 heteroatoms. The van der Waals surface area contributed by atoms with Crippen molar-refractivity contribution in [2.24, 2.45) is 0 Å². The molecule has 1 aromatic rings. The summed E-state index contributed by atoms with van der Waals surface area (Å²) in [7, 11) is -3.35. The minimum Gasteiger partial charge on any atom is -0.472 e. The van der Waals surface area contributed by atoms with E-state index < -0.39 is 10.0 Å². The van der Waals surface area contributed by atoms with E-state index in [1.807, 2.05) is 0 Å². The molecule has 2 aliphatic heterocycles. The summed E-state index contributed by atoms with van der Waals surface area (Å²) in [5, 5.41) is 0. The van der Waals surface area contributed by atoms with E-state index in [2.05, 4.69) is 4.90 Å². The van der Waals surface area contributed by atoms with Gasteiger partial charge in [0.15, 0.2) is 0 Å². The lowest BCUT2D eigenvalue weighted by atomic mass is 10.0. The monoisotopic (exact) mass is 385 g/mol. The molecule has 0 aliphatic carbocycles. The highest BCUT2D eigenvalue weighted by molar-refractivity contribution is 7.88. The number of hydrogen-bond donors (Lipinski definition) is 0. The van der Waals surface area contributed by atoms with Crippen LogP contribution in [-0.4, -0.2) is 93.2 Å². The fourth-order valence-corrected chi connectivity index (χ4v) is 4.75. The Morgan fingerprint density at radius 2 is 2.08 bits per heavy atom. The molecular weight excluding hydrogens is 358 g/mol. The molecule has 1 unspecified atom stereocenters. The first-order valence-corrected chi connectivity index (χ1v) is 10.9. The summed E-state index contributed by atoms with van der Waals surface area (Å²) in [6.07, 6.45) is 5.71. The van der Waals surface area contributed by atoms with Gasteiger partial charge >= 0.3 is 0 Å². The van der Waals surface area contributed by atoms with Crippen molar-refractivity contribution in [3.05, 3.63) is 24.2 Å². The van der Waals surface area contributed by atoms with E-state index in [1.165, 1.54) is 18.8 Å². The van der Waals surface area contributed by atoms with Gasteiger partial charge in [-0.3, -0.25) is 9.69 Å². The van der Waals surface area contributed by atoms with Gasteiger partial charge in [0.25, 0.3) is 5.91 Å². The normalized spacial score (nSPS) is 22.7. The van der Waals surface area contributed by atoms with E-state index in [0.717, 1.165) is 25.9 Å². The minimum atomic E-state index is -3.35. The zero-order valence-corrected chi connectivity index (χ0v) is 16.0. The highest BCUT2D eigenvalue weighted by atomic mass is 32.2. The fourth-order valence-electron chi connectivity index (χ4n) is 3.63. The molecule has 0 bridgehead atoms. The van der Waals surface area contributed by atoms with Crippen molar-refractivity contribution in [1.82, 2.24) is 14.1 Å². The maximum absolute atomic E-state index is 12.6. The number of carbonyl (C=O) groups excluding carboxylic acids is 1. The number of amides is 1. The number of morpholine rings is 1. The zero-order valence-electron chi connectivity index (χ0n) is 15.2. The molecule has 3 heterocycles. The number of piperidine rings is 1. The number of furan rings is 1.